The number of hydrogen-bond acceptors (Lipinski definition) is 5. The van der Waals surface area contributed by atoms with Gasteiger partial charge < -0.3 is 5.32 Å². The van der Waals surface area contributed by atoms with E-state index < -0.39 is 0 Å². The fourth-order valence-electron chi connectivity index (χ4n) is 4.36. The maximum absolute atomic E-state index is 12.4. The SMILES string of the molecule is CC1CC(C)CN(Cc2ccc(CNC(=O)Cc3csc(-c4ccccn4)n3)cc2)C1. The Bertz CT molecular complexity index is 976. The number of likely N-dealkylation sites (tertiary alicyclic amines) is 1. The van der Waals surface area contributed by atoms with Crippen molar-refractivity contribution < 1.29 is 4.79 Å². The number of aromatic nitrogens is 2. The topological polar surface area (TPSA) is 58.1 Å². The summed E-state index contributed by atoms with van der Waals surface area (Å²) in [5.74, 6) is 1.53. The molecule has 4 rings (SSSR count). The average molecular weight is 435 g/mol. The maximum Gasteiger partial charge on any atom is 0.226 e. The molecule has 1 aliphatic heterocycles. The normalized spacial score (nSPS) is 19.3. The Balaban J connectivity index is 1.25. The van der Waals surface area contributed by atoms with Gasteiger partial charge in [0.05, 0.1) is 17.8 Å². The second kappa shape index (κ2) is 10.2. The molecule has 0 bridgehead atoms. The molecule has 6 heteroatoms. The number of piperidine rings is 1. The van der Waals surface area contributed by atoms with Gasteiger partial charge in [0.15, 0.2) is 0 Å². The number of carbonyl (C=O) groups excluding carboxylic acids is 1. The fourth-order valence-corrected chi connectivity index (χ4v) is 5.16. The molecular weight excluding hydrogens is 404 g/mol. The number of benzene rings is 1. The van der Waals surface area contributed by atoms with Crippen LogP contribution in [0.2, 0.25) is 0 Å². The molecule has 162 valence electrons. The zero-order chi connectivity index (χ0) is 21.6. The Morgan fingerprint density at radius 2 is 1.84 bits per heavy atom. The molecule has 1 N–H and O–H groups in total. The van der Waals surface area contributed by atoms with Crippen LogP contribution in [-0.4, -0.2) is 33.9 Å². The van der Waals surface area contributed by atoms with Crippen LogP contribution in [0.1, 0.15) is 37.1 Å². The molecule has 0 saturated carbocycles. The highest BCUT2D eigenvalue weighted by Crippen LogP contribution is 2.23. The van der Waals surface area contributed by atoms with E-state index in [2.05, 4.69) is 58.3 Å². The van der Waals surface area contributed by atoms with E-state index >= 15 is 0 Å². The van der Waals surface area contributed by atoms with Gasteiger partial charge in [0.1, 0.15) is 5.01 Å². The van der Waals surface area contributed by atoms with Crippen LogP contribution in [0, 0.1) is 11.8 Å². The van der Waals surface area contributed by atoms with E-state index in [9.17, 15) is 4.79 Å². The summed E-state index contributed by atoms with van der Waals surface area (Å²) >= 11 is 1.52. The number of thiazole rings is 1. The van der Waals surface area contributed by atoms with Gasteiger partial charge in [-0.05, 0) is 41.5 Å². The molecule has 5 nitrogen and oxygen atoms in total. The van der Waals surface area contributed by atoms with E-state index in [1.165, 1.54) is 36.4 Å². The van der Waals surface area contributed by atoms with Crippen LogP contribution in [-0.2, 0) is 24.3 Å². The fraction of sp³-hybridized carbons (Fsp3) is 0.400. The van der Waals surface area contributed by atoms with E-state index in [0.717, 1.165) is 40.3 Å². The summed E-state index contributed by atoms with van der Waals surface area (Å²) in [4.78, 5) is 23.8. The van der Waals surface area contributed by atoms with Gasteiger partial charge in [0, 0.05) is 37.8 Å². The maximum atomic E-state index is 12.4. The van der Waals surface area contributed by atoms with Crippen LogP contribution in [0.3, 0.4) is 0 Å². The molecule has 0 radical (unpaired) electrons. The van der Waals surface area contributed by atoms with E-state index in [-0.39, 0.29) is 12.3 Å². The second-order valence-electron chi connectivity index (χ2n) is 8.77. The number of hydrogen-bond donors (Lipinski definition) is 1. The van der Waals surface area contributed by atoms with Gasteiger partial charge in [-0.2, -0.15) is 0 Å². The van der Waals surface area contributed by atoms with Crippen molar-refractivity contribution >= 4 is 17.2 Å². The lowest BCUT2D eigenvalue weighted by atomic mass is 9.91. The van der Waals surface area contributed by atoms with Gasteiger partial charge in [0.2, 0.25) is 5.91 Å². The second-order valence-corrected chi connectivity index (χ2v) is 9.63. The van der Waals surface area contributed by atoms with Crippen molar-refractivity contribution in [2.75, 3.05) is 13.1 Å². The van der Waals surface area contributed by atoms with Crippen LogP contribution in [0.5, 0.6) is 0 Å². The summed E-state index contributed by atoms with van der Waals surface area (Å²) in [5.41, 5.74) is 4.07. The largest absolute Gasteiger partial charge is 0.352 e. The van der Waals surface area contributed by atoms with E-state index in [0.29, 0.717) is 6.54 Å². The first-order chi connectivity index (χ1) is 15.0. The van der Waals surface area contributed by atoms with E-state index in [4.69, 9.17) is 0 Å². The molecule has 0 aliphatic carbocycles. The average Bonchev–Trinajstić information content (AvgIpc) is 3.22. The van der Waals surface area contributed by atoms with Crippen molar-refractivity contribution in [2.45, 2.75) is 39.8 Å². The van der Waals surface area contributed by atoms with E-state index in [1.807, 2.05) is 23.6 Å². The molecule has 1 aromatic carbocycles. The standard InChI is InChI=1S/C25H30N4OS/c1-18-11-19(2)15-29(14-18)16-21-8-6-20(7-9-21)13-27-24(30)12-22-17-31-25(28-22)23-5-3-4-10-26-23/h3-10,17-19H,11-16H2,1-2H3,(H,27,30). The van der Waals surface area contributed by atoms with Crippen molar-refractivity contribution in [3.8, 4) is 10.7 Å². The molecule has 3 heterocycles. The van der Waals surface area contributed by atoms with Gasteiger partial charge >= 0.3 is 0 Å². The molecule has 2 atom stereocenters. The Morgan fingerprint density at radius 1 is 1.10 bits per heavy atom. The van der Waals surface area contributed by atoms with Gasteiger partial charge in [-0.3, -0.25) is 14.7 Å². The molecule has 2 aromatic heterocycles. The van der Waals surface area contributed by atoms with Gasteiger partial charge in [0.25, 0.3) is 0 Å². The minimum Gasteiger partial charge on any atom is -0.352 e. The van der Waals surface area contributed by atoms with Crippen LogP contribution in [0.4, 0.5) is 0 Å². The third kappa shape index (κ3) is 6.21. The van der Waals surface area contributed by atoms with Crippen molar-refractivity contribution in [3.63, 3.8) is 0 Å². The minimum atomic E-state index is -0.0155. The third-order valence-corrected chi connectivity index (χ3v) is 6.55. The summed E-state index contributed by atoms with van der Waals surface area (Å²) in [5, 5.41) is 5.78. The van der Waals surface area contributed by atoms with Crippen molar-refractivity contribution in [2.24, 2.45) is 11.8 Å². The Labute approximate surface area is 188 Å². The zero-order valence-corrected chi connectivity index (χ0v) is 19.1. The molecular formula is C25H30N4OS. The smallest absolute Gasteiger partial charge is 0.226 e. The molecule has 3 aromatic rings. The van der Waals surface area contributed by atoms with Gasteiger partial charge in [-0.25, -0.2) is 4.98 Å². The van der Waals surface area contributed by atoms with Gasteiger partial charge in [-0.15, -0.1) is 11.3 Å². The summed E-state index contributed by atoms with van der Waals surface area (Å²) in [6.45, 7) is 8.60. The predicted molar refractivity (Wildman–Crippen MR) is 126 cm³/mol. The Hall–Kier alpha value is -2.57. The molecule has 31 heavy (non-hydrogen) atoms. The molecule has 1 amide bonds. The predicted octanol–water partition coefficient (Wildman–Crippen LogP) is 4.54. The quantitative estimate of drug-likeness (QED) is 0.593. The first-order valence-electron chi connectivity index (χ1n) is 11.0. The molecule has 2 unspecified atom stereocenters. The van der Waals surface area contributed by atoms with E-state index in [1.54, 1.807) is 6.20 Å². The van der Waals surface area contributed by atoms with Crippen LogP contribution in [0.25, 0.3) is 10.7 Å². The monoisotopic (exact) mass is 434 g/mol. The lowest BCUT2D eigenvalue weighted by Gasteiger charge is -2.35. The summed E-state index contributed by atoms with van der Waals surface area (Å²) in [6, 6.07) is 14.4. The Kier molecular flexibility index (Phi) is 7.10. The molecule has 0 spiro atoms. The van der Waals surface area contributed by atoms with Crippen LogP contribution >= 0.6 is 11.3 Å². The zero-order valence-electron chi connectivity index (χ0n) is 18.3. The number of carbonyl (C=O) groups is 1. The summed E-state index contributed by atoms with van der Waals surface area (Å²) in [6.07, 6.45) is 3.37. The highest BCUT2D eigenvalue weighted by atomic mass is 32.1. The third-order valence-electron chi connectivity index (χ3n) is 5.64. The lowest BCUT2D eigenvalue weighted by Crippen LogP contribution is -2.38. The highest BCUT2D eigenvalue weighted by molar-refractivity contribution is 7.13. The number of nitrogens with one attached hydrogen (secondary N) is 1. The van der Waals surface area contributed by atoms with Crippen molar-refractivity contribution in [1.82, 2.24) is 20.2 Å². The first-order valence-corrected chi connectivity index (χ1v) is 11.9. The number of nitrogens with zero attached hydrogens (tertiary/aromatic N) is 3. The van der Waals surface area contributed by atoms with Crippen LogP contribution < -0.4 is 5.32 Å². The van der Waals surface area contributed by atoms with Gasteiger partial charge in [-0.1, -0.05) is 44.2 Å². The first kappa shape index (κ1) is 21.7. The molecule has 1 saturated heterocycles. The Morgan fingerprint density at radius 3 is 2.55 bits per heavy atom. The highest BCUT2D eigenvalue weighted by Gasteiger charge is 2.21. The minimum absolute atomic E-state index is 0.0155. The molecule has 1 fully saturated rings. The summed E-state index contributed by atoms with van der Waals surface area (Å²) in [7, 11) is 0. The lowest BCUT2D eigenvalue weighted by molar-refractivity contribution is -0.120. The van der Waals surface area contributed by atoms with Crippen LogP contribution in [0.15, 0.2) is 54.0 Å². The van der Waals surface area contributed by atoms with Crippen molar-refractivity contribution in [1.29, 1.82) is 0 Å². The number of rotatable bonds is 7. The number of pyridine rings is 1. The number of amides is 1. The summed E-state index contributed by atoms with van der Waals surface area (Å²) < 4.78 is 0. The molecule has 1 aliphatic rings. The van der Waals surface area contributed by atoms with Crippen molar-refractivity contribution in [3.05, 3.63) is 70.9 Å².